The monoisotopic (exact) mass is 605 g/mol. The lowest BCUT2D eigenvalue weighted by Gasteiger charge is -2.40. The summed E-state index contributed by atoms with van der Waals surface area (Å²) in [5.41, 5.74) is 1.67. The number of rotatable bonds is 5. The van der Waals surface area contributed by atoms with Gasteiger partial charge in [0, 0.05) is 26.2 Å². The second-order valence-electron chi connectivity index (χ2n) is 9.76. The fourth-order valence-electron chi connectivity index (χ4n) is 6.20. The molecule has 3 aromatic rings. The van der Waals surface area contributed by atoms with Gasteiger partial charge in [-0.15, -0.1) is 11.8 Å². The first kappa shape index (κ1) is 24.4. The van der Waals surface area contributed by atoms with E-state index in [0.29, 0.717) is 28.7 Å². The number of thioether (sulfide) groups is 1. The van der Waals surface area contributed by atoms with Crippen LogP contribution in [0.15, 0.2) is 67.7 Å². The predicted octanol–water partition coefficient (Wildman–Crippen LogP) is 4.61. The summed E-state index contributed by atoms with van der Waals surface area (Å²) in [7, 11) is -3.81. The second kappa shape index (κ2) is 9.13. The van der Waals surface area contributed by atoms with Crippen LogP contribution < -0.4 is 15.3 Å². The van der Waals surface area contributed by atoms with Gasteiger partial charge in [0.1, 0.15) is 6.54 Å². The molecular formula is C25H24BrN3O4S3. The number of benzene rings is 2. The number of hydrogen-bond acceptors (Lipinski definition) is 6. The predicted molar refractivity (Wildman–Crippen MR) is 145 cm³/mol. The van der Waals surface area contributed by atoms with Crippen molar-refractivity contribution in [3.63, 3.8) is 0 Å². The quantitative estimate of drug-likeness (QED) is 0.441. The van der Waals surface area contributed by atoms with Crippen molar-refractivity contribution in [1.82, 2.24) is 4.57 Å². The Hall–Kier alpha value is -1.92. The first-order valence-electron chi connectivity index (χ1n) is 11.8. The Morgan fingerprint density at radius 2 is 1.78 bits per heavy atom. The molecule has 2 bridgehead atoms. The van der Waals surface area contributed by atoms with E-state index in [1.165, 1.54) is 60.4 Å². The van der Waals surface area contributed by atoms with E-state index >= 15 is 0 Å². The molecule has 7 nitrogen and oxygen atoms in total. The fourth-order valence-corrected chi connectivity index (χ4v) is 10.1. The third-order valence-corrected chi connectivity index (χ3v) is 12.0. The molecule has 2 aliphatic carbocycles. The van der Waals surface area contributed by atoms with Crippen LogP contribution in [0.5, 0.6) is 0 Å². The Labute approximate surface area is 225 Å². The van der Waals surface area contributed by atoms with Gasteiger partial charge >= 0.3 is 4.87 Å². The van der Waals surface area contributed by atoms with E-state index in [-0.39, 0.29) is 28.1 Å². The summed E-state index contributed by atoms with van der Waals surface area (Å²) in [6.07, 6.45) is 3.76. The van der Waals surface area contributed by atoms with Gasteiger partial charge in [-0.25, -0.2) is 13.6 Å². The molecule has 1 aromatic heterocycles. The van der Waals surface area contributed by atoms with E-state index in [9.17, 15) is 18.0 Å². The number of halogens is 1. The Balaban J connectivity index is 1.31. The van der Waals surface area contributed by atoms with Crippen molar-refractivity contribution in [2.75, 3.05) is 5.32 Å². The Morgan fingerprint density at radius 1 is 1.08 bits per heavy atom. The molecule has 11 heteroatoms. The number of anilines is 1. The van der Waals surface area contributed by atoms with E-state index in [0.717, 1.165) is 14.4 Å². The number of fused-ring (bicyclic) bond motifs is 6. The highest BCUT2D eigenvalue weighted by Crippen LogP contribution is 2.64. The van der Waals surface area contributed by atoms with Crippen LogP contribution in [0, 0.1) is 17.8 Å². The van der Waals surface area contributed by atoms with Gasteiger partial charge in [-0.2, -0.15) is 0 Å². The summed E-state index contributed by atoms with van der Waals surface area (Å²) in [6, 6.07) is 14.1. The molecule has 3 N–H and O–H groups in total. The summed E-state index contributed by atoms with van der Waals surface area (Å²) in [4.78, 5) is 27.0. The maximum Gasteiger partial charge on any atom is 0.308 e. The number of carbonyl (C=O) groups excluding carboxylic acids is 1. The number of sulfonamides is 1. The molecule has 0 radical (unpaired) electrons. The molecule has 2 aromatic carbocycles. The molecular weight excluding hydrogens is 582 g/mol. The Kier molecular flexibility index (Phi) is 6.19. The lowest BCUT2D eigenvalue weighted by molar-refractivity contribution is -0.116. The highest BCUT2D eigenvalue weighted by molar-refractivity contribution is 9.10. The first-order chi connectivity index (χ1) is 17.2. The van der Waals surface area contributed by atoms with Crippen molar-refractivity contribution in [1.29, 1.82) is 0 Å². The highest BCUT2D eigenvalue weighted by atomic mass is 79.9. The van der Waals surface area contributed by atoms with Gasteiger partial charge in [-0.3, -0.25) is 14.2 Å². The minimum atomic E-state index is -3.81. The van der Waals surface area contributed by atoms with Gasteiger partial charge in [0.25, 0.3) is 0 Å². The second-order valence-corrected chi connectivity index (χ2v) is 14.4. The van der Waals surface area contributed by atoms with Crippen molar-refractivity contribution in [3.8, 4) is 0 Å². The number of carbonyl (C=O) groups is 1. The average Bonchev–Trinajstić information content (AvgIpc) is 3.53. The normalized spacial score (nSPS) is 26.4. The number of primary sulfonamides is 1. The van der Waals surface area contributed by atoms with E-state index < -0.39 is 10.0 Å². The van der Waals surface area contributed by atoms with Crippen LogP contribution in [0.3, 0.4) is 0 Å². The third kappa shape index (κ3) is 4.28. The number of hydrogen-bond donors (Lipinski definition) is 2. The molecule has 6 rings (SSSR count). The van der Waals surface area contributed by atoms with Crippen molar-refractivity contribution >= 4 is 60.6 Å². The molecule has 1 aliphatic heterocycles. The highest BCUT2D eigenvalue weighted by Gasteiger charge is 2.55. The SMILES string of the molecule is NS(=O)(=O)c1ccc(NC(=O)Cn2c3c(sc2=O)C(c2ccc(Br)cc2)C2C4CCC(C4)C2S3)cc1. The van der Waals surface area contributed by atoms with Crippen LogP contribution in [0.2, 0.25) is 0 Å². The summed E-state index contributed by atoms with van der Waals surface area (Å²) in [5.74, 6) is 1.69. The van der Waals surface area contributed by atoms with E-state index in [2.05, 4.69) is 45.5 Å². The largest absolute Gasteiger partial charge is 0.325 e. The molecule has 0 spiro atoms. The topological polar surface area (TPSA) is 111 Å². The molecule has 36 heavy (non-hydrogen) atoms. The van der Waals surface area contributed by atoms with Gasteiger partial charge < -0.3 is 5.32 Å². The molecule has 5 unspecified atom stereocenters. The first-order valence-corrected chi connectivity index (χ1v) is 15.8. The summed E-state index contributed by atoms with van der Waals surface area (Å²) in [6.45, 7) is -0.0901. The minimum Gasteiger partial charge on any atom is -0.325 e. The van der Waals surface area contributed by atoms with Crippen LogP contribution in [-0.4, -0.2) is 24.1 Å². The maximum absolute atomic E-state index is 13.2. The van der Waals surface area contributed by atoms with Gasteiger partial charge in [-0.05, 0) is 79.0 Å². The number of thiazole rings is 1. The van der Waals surface area contributed by atoms with Gasteiger partial charge in [0.15, 0.2) is 0 Å². The van der Waals surface area contributed by atoms with Crippen LogP contribution in [0.1, 0.15) is 35.6 Å². The number of amides is 1. The van der Waals surface area contributed by atoms with E-state index in [1.54, 1.807) is 16.3 Å². The standard InChI is InChI=1S/C25H24BrN3O4S3/c26-16-5-3-13(4-6-16)20-21-14-1-2-15(11-14)22(21)34-24-23(20)35-25(31)29(24)12-19(30)28-17-7-9-18(10-8-17)36(27,32)33/h3-10,14-15,20-22H,1-2,11-12H2,(H,28,30)(H2,27,32,33). The van der Waals surface area contributed by atoms with E-state index in [1.807, 2.05) is 0 Å². The fraction of sp³-hybridized carbons (Fsp3) is 0.360. The Bertz CT molecular complexity index is 1500. The molecule has 2 heterocycles. The molecule has 1 amide bonds. The molecule has 2 fully saturated rings. The van der Waals surface area contributed by atoms with Crippen molar-refractivity contribution < 1.29 is 13.2 Å². The van der Waals surface area contributed by atoms with Crippen LogP contribution in [0.25, 0.3) is 0 Å². The lowest BCUT2D eigenvalue weighted by atomic mass is 9.75. The van der Waals surface area contributed by atoms with Gasteiger partial charge in [0.2, 0.25) is 15.9 Å². The number of nitrogens with two attached hydrogens (primary N) is 1. The zero-order valence-electron chi connectivity index (χ0n) is 19.1. The number of nitrogens with zero attached hydrogens (tertiary/aromatic N) is 1. The summed E-state index contributed by atoms with van der Waals surface area (Å²) >= 11 is 6.60. The summed E-state index contributed by atoms with van der Waals surface area (Å²) in [5, 5.41) is 9.29. The molecule has 2 saturated carbocycles. The van der Waals surface area contributed by atoms with Gasteiger partial charge in [-0.1, -0.05) is 39.4 Å². The number of aromatic nitrogens is 1. The zero-order chi connectivity index (χ0) is 25.2. The van der Waals surface area contributed by atoms with Crippen LogP contribution in [-0.2, 0) is 21.4 Å². The zero-order valence-corrected chi connectivity index (χ0v) is 23.1. The van der Waals surface area contributed by atoms with Crippen molar-refractivity contribution in [3.05, 3.63) is 73.1 Å². The molecule has 0 saturated heterocycles. The molecule has 188 valence electrons. The Morgan fingerprint density at radius 3 is 2.47 bits per heavy atom. The van der Waals surface area contributed by atoms with Crippen molar-refractivity contribution in [2.45, 2.75) is 46.9 Å². The minimum absolute atomic E-state index is 0.0283. The molecule has 3 aliphatic rings. The van der Waals surface area contributed by atoms with Crippen LogP contribution in [0.4, 0.5) is 5.69 Å². The number of nitrogens with one attached hydrogen (secondary N) is 1. The smallest absolute Gasteiger partial charge is 0.308 e. The third-order valence-electron chi connectivity index (χ3n) is 7.69. The lowest BCUT2D eigenvalue weighted by Crippen LogP contribution is -2.34. The summed E-state index contributed by atoms with van der Waals surface area (Å²) < 4.78 is 25.6. The molecule has 5 atom stereocenters. The van der Waals surface area contributed by atoms with Crippen molar-refractivity contribution in [2.24, 2.45) is 22.9 Å². The average molecular weight is 607 g/mol. The van der Waals surface area contributed by atoms with Gasteiger partial charge in [0.05, 0.1) is 9.92 Å². The van der Waals surface area contributed by atoms with E-state index in [4.69, 9.17) is 5.14 Å². The maximum atomic E-state index is 13.2. The van der Waals surface area contributed by atoms with Crippen LogP contribution >= 0.6 is 39.0 Å².